The lowest BCUT2D eigenvalue weighted by atomic mass is 9.97. The highest BCUT2D eigenvalue weighted by atomic mass is 31.2. The van der Waals surface area contributed by atoms with Gasteiger partial charge in [-0.05, 0) is 48.9 Å². The van der Waals surface area contributed by atoms with Crippen molar-refractivity contribution in [2.45, 2.75) is 19.0 Å². The third-order valence-corrected chi connectivity index (χ3v) is 8.04. The van der Waals surface area contributed by atoms with Gasteiger partial charge < -0.3 is 5.73 Å². The molecule has 1 aromatic heterocycles. The Bertz CT molecular complexity index is 1120. The lowest BCUT2D eigenvalue weighted by molar-refractivity contribution is 0.503. The summed E-state index contributed by atoms with van der Waals surface area (Å²) in [6, 6.07) is 32.1. The van der Waals surface area contributed by atoms with Crippen LogP contribution in [-0.2, 0) is 4.57 Å². The number of nitrogens with one attached hydrogen (secondary N) is 1. The fourth-order valence-corrected chi connectivity index (χ4v) is 6.22. The van der Waals surface area contributed by atoms with Gasteiger partial charge in [-0.1, -0.05) is 72.3 Å². The number of benzene rings is 3. The van der Waals surface area contributed by atoms with Gasteiger partial charge in [-0.15, -0.1) is 0 Å². The van der Waals surface area contributed by atoms with Crippen molar-refractivity contribution in [3.63, 3.8) is 0 Å². The van der Waals surface area contributed by atoms with Crippen molar-refractivity contribution in [2.75, 3.05) is 0 Å². The molecule has 0 saturated heterocycles. The minimum atomic E-state index is -3.19. The molecule has 0 saturated carbocycles. The Labute approximate surface area is 183 Å². The second-order valence-electron chi connectivity index (χ2n) is 7.58. The Hall–Kier alpha value is -3.04. The quantitative estimate of drug-likeness (QED) is 0.421. The third kappa shape index (κ3) is 4.67. The summed E-state index contributed by atoms with van der Waals surface area (Å²) in [7, 11) is -3.19. The molecule has 2 atom stereocenters. The molecule has 5 heteroatoms. The van der Waals surface area contributed by atoms with Gasteiger partial charge in [-0.3, -0.25) is 14.6 Å². The number of rotatable bonds is 7. The number of aromatic nitrogens is 1. The van der Waals surface area contributed by atoms with Gasteiger partial charge in [0.05, 0.1) is 17.8 Å². The maximum atomic E-state index is 14.6. The van der Waals surface area contributed by atoms with Crippen LogP contribution in [-0.4, -0.2) is 4.98 Å². The number of aryl methyl sites for hydroxylation is 1. The van der Waals surface area contributed by atoms with E-state index < -0.39 is 19.4 Å². The van der Waals surface area contributed by atoms with Crippen molar-refractivity contribution < 1.29 is 4.57 Å². The summed E-state index contributed by atoms with van der Waals surface area (Å²) in [6.07, 6.45) is 1.73. The van der Waals surface area contributed by atoms with Gasteiger partial charge >= 0.3 is 0 Å². The summed E-state index contributed by atoms with van der Waals surface area (Å²) in [5.74, 6) is 0. The SMILES string of the molecule is Cc1cccc([C@H](NP(=O)(c2ccccc2)c2ccccc2)[C@@H](N)c2ccccn2)c1. The van der Waals surface area contributed by atoms with Crippen molar-refractivity contribution in [3.8, 4) is 0 Å². The fraction of sp³-hybridized carbons (Fsp3) is 0.115. The summed E-state index contributed by atoms with van der Waals surface area (Å²) in [6.45, 7) is 2.04. The highest BCUT2D eigenvalue weighted by Gasteiger charge is 2.34. The van der Waals surface area contributed by atoms with Crippen LogP contribution in [0.3, 0.4) is 0 Å². The summed E-state index contributed by atoms with van der Waals surface area (Å²) < 4.78 is 14.6. The first-order valence-corrected chi connectivity index (χ1v) is 12.0. The molecule has 156 valence electrons. The predicted octanol–water partition coefficient (Wildman–Crippen LogP) is 4.65. The molecule has 0 aliphatic carbocycles. The van der Waals surface area contributed by atoms with E-state index in [1.54, 1.807) is 6.20 Å². The van der Waals surface area contributed by atoms with Crippen LogP contribution in [0.15, 0.2) is 109 Å². The van der Waals surface area contributed by atoms with Crippen molar-refractivity contribution in [3.05, 3.63) is 126 Å². The Kier molecular flexibility index (Phi) is 6.43. The van der Waals surface area contributed by atoms with Crippen LogP contribution < -0.4 is 21.4 Å². The molecule has 0 spiro atoms. The van der Waals surface area contributed by atoms with Crippen molar-refractivity contribution >= 4 is 17.9 Å². The number of hydrogen-bond acceptors (Lipinski definition) is 3. The van der Waals surface area contributed by atoms with E-state index in [2.05, 4.69) is 16.1 Å². The Morgan fingerprint density at radius 2 is 1.42 bits per heavy atom. The molecule has 0 amide bonds. The molecular formula is C26H26N3OP. The molecule has 0 bridgehead atoms. The molecular weight excluding hydrogens is 401 g/mol. The lowest BCUT2D eigenvalue weighted by Crippen LogP contribution is -2.36. The first-order valence-electron chi connectivity index (χ1n) is 10.3. The van der Waals surface area contributed by atoms with Gasteiger partial charge in [-0.2, -0.15) is 0 Å². The van der Waals surface area contributed by atoms with Gasteiger partial charge in [0.2, 0.25) is 7.29 Å². The molecule has 3 N–H and O–H groups in total. The van der Waals surface area contributed by atoms with Crippen LogP contribution in [0.5, 0.6) is 0 Å². The van der Waals surface area contributed by atoms with Crippen LogP contribution in [0.4, 0.5) is 0 Å². The van der Waals surface area contributed by atoms with E-state index in [0.717, 1.165) is 27.4 Å². The van der Waals surface area contributed by atoms with Crippen LogP contribution in [0.25, 0.3) is 0 Å². The number of hydrogen-bond donors (Lipinski definition) is 2. The number of nitrogens with two attached hydrogens (primary N) is 1. The second kappa shape index (κ2) is 9.40. The maximum absolute atomic E-state index is 14.6. The first kappa shape index (κ1) is 21.2. The van der Waals surface area contributed by atoms with Crippen LogP contribution >= 0.6 is 7.29 Å². The Balaban J connectivity index is 1.84. The zero-order valence-electron chi connectivity index (χ0n) is 17.4. The molecule has 3 aromatic carbocycles. The van der Waals surface area contributed by atoms with Gasteiger partial charge in [0.1, 0.15) is 0 Å². The van der Waals surface area contributed by atoms with Gasteiger partial charge in [-0.25, -0.2) is 0 Å². The standard InChI is InChI=1S/C26H26N3OP/c1-20-11-10-12-21(19-20)26(25(27)24-17-8-9-18-28-24)29-31(30,22-13-4-2-5-14-22)23-15-6-3-7-16-23/h2-19,25-26H,27H2,1H3,(H,29,30)/t25-,26-/m0/s1. The number of pyridine rings is 1. The highest BCUT2D eigenvalue weighted by molar-refractivity contribution is 7.76. The molecule has 31 heavy (non-hydrogen) atoms. The van der Waals surface area contributed by atoms with Gasteiger partial charge in [0.15, 0.2) is 0 Å². The normalized spacial score (nSPS) is 13.5. The van der Waals surface area contributed by atoms with E-state index in [4.69, 9.17) is 5.73 Å². The summed E-state index contributed by atoms with van der Waals surface area (Å²) >= 11 is 0. The second-order valence-corrected chi connectivity index (χ2v) is 10.1. The van der Waals surface area contributed by atoms with Crippen LogP contribution in [0.1, 0.15) is 28.9 Å². The predicted molar refractivity (Wildman–Crippen MR) is 128 cm³/mol. The molecule has 0 fully saturated rings. The molecule has 4 nitrogen and oxygen atoms in total. The van der Waals surface area contributed by atoms with Crippen molar-refractivity contribution in [2.24, 2.45) is 5.73 Å². The average Bonchev–Trinajstić information content (AvgIpc) is 2.83. The Morgan fingerprint density at radius 3 is 1.97 bits per heavy atom. The average molecular weight is 427 g/mol. The van der Waals surface area contributed by atoms with E-state index >= 15 is 0 Å². The maximum Gasteiger partial charge on any atom is 0.205 e. The summed E-state index contributed by atoms with van der Waals surface area (Å²) in [5.41, 5.74) is 9.58. The van der Waals surface area contributed by atoms with E-state index in [1.807, 2.05) is 104 Å². The van der Waals surface area contributed by atoms with Gasteiger partial charge in [0, 0.05) is 16.8 Å². The number of nitrogens with zero attached hydrogens (tertiary/aromatic N) is 1. The molecule has 0 unspecified atom stereocenters. The zero-order chi connectivity index (χ0) is 21.7. The minimum Gasteiger partial charge on any atom is -0.321 e. The van der Waals surface area contributed by atoms with Gasteiger partial charge in [0.25, 0.3) is 0 Å². The topological polar surface area (TPSA) is 68.0 Å². The van der Waals surface area contributed by atoms with E-state index in [9.17, 15) is 4.57 Å². The smallest absolute Gasteiger partial charge is 0.205 e. The van der Waals surface area contributed by atoms with E-state index in [1.165, 1.54) is 0 Å². The molecule has 0 aliphatic heterocycles. The van der Waals surface area contributed by atoms with E-state index in [0.29, 0.717) is 0 Å². The van der Waals surface area contributed by atoms with Crippen molar-refractivity contribution in [1.29, 1.82) is 0 Å². The zero-order valence-corrected chi connectivity index (χ0v) is 18.3. The molecule has 1 heterocycles. The Morgan fingerprint density at radius 1 is 0.806 bits per heavy atom. The lowest BCUT2D eigenvalue weighted by Gasteiger charge is -2.31. The summed E-state index contributed by atoms with van der Waals surface area (Å²) in [5, 5.41) is 4.98. The molecule has 0 radical (unpaired) electrons. The third-order valence-electron chi connectivity index (χ3n) is 5.35. The molecule has 0 aliphatic rings. The molecule has 4 rings (SSSR count). The van der Waals surface area contributed by atoms with Crippen LogP contribution in [0, 0.1) is 6.92 Å². The van der Waals surface area contributed by atoms with Crippen LogP contribution in [0.2, 0.25) is 0 Å². The van der Waals surface area contributed by atoms with E-state index in [-0.39, 0.29) is 0 Å². The van der Waals surface area contributed by atoms with Crippen molar-refractivity contribution in [1.82, 2.24) is 10.1 Å². The molecule has 4 aromatic rings. The highest BCUT2D eigenvalue weighted by Crippen LogP contribution is 2.44. The largest absolute Gasteiger partial charge is 0.321 e. The monoisotopic (exact) mass is 427 g/mol. The fourth-order valence-electron chi connectivity index (χ4n) is 3.74. The summed E-state index contributed by atoms with van der Waals surface area (Å²) in [4.78, 5) is 4.47. The first-order chi connectivity index (χ1) is 15.1. The minimum absolute atomic E-state index is 0.402.